The fourth-order valence-electron chi connectivity index (χ4n) is 1.97. The number of carbonyl (C=O) groups excluding carboxylic acids is 1. The number of rotatable bonds is 6. The van der Waals surface area contributed by atoms with Crippen molar-refractivity contribution in [3.8, 4) is 0 Å². The van der Waals surface area contributed by atoms with Gasteiger partial charge in [-0.05, 0) is 12.3 Å². The third-order valence-electron chi connectivity index (χ3n) is 2.67. The molecule has 0 aromatic carbocycles. The van der Waals surface area contributed by atoms with Crippen LogP contribution in [0.4, 0.5) is 0 Å². The van der Waals surface area contributed by atoms with E-state index in [-0.39, 0.29) is 18.4 Å². The van der Waals surface area contributed by atoms with Gasteiger partial charge in [0.25, 0.3) is 5.91 Å². The molecular weight excluding hydrogens is 246 g/mol. The van der Waals surface area contributed by atoms with Crippen molar-refractivity contribution in [3.63, 3.8) is 0 Å². The molecule has 1 rings (SSSR count). The largest absolute Gasteiger partial charge is 0.480 e. The summed E-state index contributed by atoms with van der Waals surface area (Å²) in [4.78, 5) is 24.7. The minimum Gasteiger partial charge on any atom is -0.480 e. The van der Waals surface area contributed by atoms with Gasteiger partial charge < -0.3 is 10.0 Å². The molecular formula is C13H21N3O3. The Bertz CT molecular complexity index is 466. The molecule has 1 aromatic heterocycles. The van der Waals surface area contributed by atoms with Crippen LogP contribution >= 0.6 is 0 Å². The molecule has 0 fully saturated rings. The molecule has 106 valence electrons. The number of carboxylic acid groups (broad SMARTS) is 1. The zero-order valence-electron chi connectivity index (χ0n) is 11.9. The van der Waals surface area contributed by atoms with Crippen LogP contribution in [0.15, 0.2) is 6.20 Å². The van der Waals surface area contributed by atoms with Crippen molar-refractivity contribution in [3.05, 3.63) is 17.5 Å². The first-order valence-corrected chi connectivity index (χ1v) is 6.38. The zero-order valence-corrected chi connectivity index (χ0v) is 11.9. The third-order valence-corrected chi connectivity index (χ3v) is 2.67. The van der Waals surface area contributed by atoms with Gasteiger partial charge in [0.2, 0.25) is 0 Å². The molecule has 1 aromatic rings. The van der Waals surface area contributed by atoms with E-state index >= 15 is 0 Å². The third kappa shape index (κ3) is 4.08. The molecule has 0 spiro atoms. The standard InChI is InChI=1S/C13H21N3O3/c1-5-11-10(7-15(4)14-11)13(19)16(6-9(2)3)8-12(17)18/h7,9H,5-6,8H2,1-4H3,(H,17,18). The van der Waals surface area contributed by atoms with Crippen molar-refractivity contribution in [2.45, 2.75) is 27.2 Å². The summed E-state index contributed by atoms with van der Waals surface area (Å²) in [5.74, 6) is -1.05. The van der Waals surface area contributed by atoms with Gasteiger partial charge in [0.15, 0.2) is 0 Å². The lowest BCUT2D eigenvalue weighted by Crippen LogP contribution is -2.38. The van der Waals surface area contributed by atoms with Gasteiger partial charge in [-0.1, -0.05) is 20.8 Å². The summed E-state index contributed by atoms with van der Waals surface area (Å²) in [7, 11) is 1.75. The quantitative estimate of drug-likeness (QED) is 0.839. The van der Waals surface area contributed by atoms with Gasteiger partial charge in [0.05, 0.1) is 11.3 Å². The molecule has 1 heterocycles. The second-order valence-electron chi connectivity index (χ2n) is 4.99. The van der Waals surface area contributed by atoms with Crippen LogP contribution in [0.3, 0.4) is 0 Å². The highest BCUT2D eigenvalue weighted by Gasteiger charge is 2.23. The Labute approximate surface area is 113 Å². The topological polar surface area (TPSA) is 75.4 Å². The minimum atomic E-state index is -1.00. The van der Waals surface area contributed by atoms with E-state index in [0.717, 1.165) is 0 Å². The van der Waals surface area contributed by atoms with Gasteiger partial charge in [0, 0.05) is 19.8 Å². The molecule has 6 heteroatoms. The van der Waals surface area contributed by atoms with Crippen molar-refractivity contribution >= 4 is 11.9 Å². The van der Waals surface area contributed by atoms with Gasteiger partial charge in [-0.15, -0.1) is 0 Å². The highest BCUT2D eigenvalue weighted by atomic mass is 16.4. The lowest BCUT2D eigenvalue weighted by atomic mass is 10.1. The van der Waals surface area contributed by atoms with Gasteiger partial charge in [-0.25, -0.2) is 0 Å². The highest BCUT2D eigenvalue weighted by molar-refractivity contribution is 5.96. The Hall–Kier alpha value is -1.85. The van der Waals surface area contributed by atoms with Crippen LogP contribution in [0.25, 0.3) is 0 Å². The smallest absolute Gasteiger partial charge is 0.323 e. The zero-order chi connectivity index (χ0) is 14.6. The molecule has 1 N–H and O–H groups in total. The summed E-state index contributed by atoms with van der Waals surface area (Å²) in [6.07, 6.45) is 2.29. The number of hydrogen-bond donors (Lipinski definition) is 1. The van der Waals surface area contributed by atoms with Gasteiger partial charge in [-0.2, -0.15) is 5.10 Å². The second-order valence-corrected chi connectivity index (χ2v) is 4.99. The Kier molecular flexibility index (Phi) is 5.09. The number of hydrogen-bond acceptors (Lipinski definition) is 3. The average Bonchev–Trinajstić information content (AvgIpc) is 2.67. The molecule has 0 radical (unpaired) electrons. The molecule has 0 atom stereocenters. The lowest BCUT2D eigenvalue weighted by molar-refractivity contribution is -0.137. The van der Waals surface area contributed by atoms with Gasteiger partial charge in [-0.3, -0.25) is 14.3 Å². The molecule has 0 saturated heterocycles. The Morgan fingerprint density at radius 3 is 2.58 bits per heavy atom. The van der Waals surface area contributed by atoms with E-state index in [4.69, 9.17) is 5.11 Å². The number of nitrogens with zero attached hydrogens (tertiary/aromatic N) is 3. The van der Waals surface area contributed by atoms with Crippen LogP contribution < -0.4 is 0 Å². The average molecular weight is 267 g/mol. The number of amides is 1. The monoisotopic (exact) mass is 267 g/mol. The van der Waals surface area contributed by atoms with Crippen LogP contribution in [0.2, 0.25) is 0 Å². The van der Waals surface area contributed by atoms with Crippen molar-refractivity contribution in [2.24, 2.45) is 13.0 Å². The fraction of sp³-hybridized carbons (Fsp3) is 0.615. The molecule has 0 unspecified atom stereocenters. The number of aliphatic carboxylic acids is 1. The van der Waals surface area contributed by atoms with E-state index in [9.17, 15) is 9.59 Å². The Morgan fingerprint density at radius 2 is 2.11 bits per heavy atom. The number of aromatic nitrogens is 2. The van der Waals surface area contributed by atoms with Crippen molar-refractivity contribution < 1.29 is 14.7 Å². The maximum atomic E-state index is 12.4. The molecule has 0 aliphatic rings. The van der Waals surface area contributed by atoms with Crippen LogP contribution in [0, 0.1) is 5.92 Å². The summed E-state index contributed by atoms with van der Waals surface area (Å²) in [5.41, 5.74) is 1.19. The normalized spacial score (nSPS) is 10.8. The van der Waals surface area contributed by atoms with Gasteiger partial charge in [0.1, 0.15) is 6.54 Å². The van der Waals surface area contributed by atoms with E-state index in [1.54, 1.807) is 17.9 Å². The summed E-state index contributed by atoms with van der Waals surface area (Å²) >= 11 is 0. The van der Waals surface area contributed by atoms with E-state index in [1.807, 2.05) is 20.8 Å². The summed E-state index contributed by atoms with van der Waals surface area (Å²) in [5, 5.41) is 13.1. The van der Waals surface area contributed by atoms with Crippen molar-refractivity contribution in [2.75, 3.05) is 13.1 Å². The Balaban J connectivity index is 3.00. The van der Waals surface area contributed by atoms with Crippen LogP contribution in [0.5, 0.6) is 0 Å². The SMILES string of the molecule is CCc1nn(C)cc1C(=O)N(CC(=O)O)CC(C)C. The van der Waals surface area contributed by atoms with Crippen molar-refractivity contribution in [1.29, 1.82) is 0 Å². The van der Waals surface area contributed by atoms with E-state index in [1.165, 1.54) is 4.90 Å². The van der Waals surface area contributed by atoms with E-state index in [2.05, 4.69) is 5.10 Å². The first-order valence-electron chi connectivity index (χ1n) is 6.38. The molecule has 0 saturated carbocycles. The number of aryl methyl sites for hydroxylation is 2. The summed E-state index contributed by atoms with van der Waals surface area (Å²) in [6, 6.07) is 0. The van der Waals surface area contributed by atoms with E-state index in [0.29, 0.717) is 24.2 Å². The van der Waals surface area contributed by atoms with Crippen LogP contribution in [-0.2, 0) is 18.3 Å². The maximum Gasteiger partial charge on any atom is 0.323 e. The second kappa shape index (κ2) is 6.36. The molecule has 19 heavy (non-hydrogen) atoms. The van der Waals surface area contributed by atoms with E-state index < -0.39 is 5.97 Å². The van der Waals surface area contributed by atoms with Gasteiger partial charge >= 0.3 is 5.97 Å². The predicted octanol–water partition coefficient (Wildman–Crippen LogP) is 1.17. The fourth-order valence-corrected chi connectivity index (χ4v) is 1.97. The predicted molar refractivity (Wildman–Crippen MR) is 71.0 cm³/mol. The number of carbonyl (C=O) groups is 2. The first kappa shape index (κ1) is 15.2. The van der Waals surface area contributed by atoms with Crippen LogP contribution in [-0.4, -0.2) is 44.8 Å². The summed E-state index contributed by atoms with van der Waals surface area (Å²) in [6.45, 7) is 5.96. The first-order chi connectivity index (χ1) is 8.85. The molecule has 0 aliphatic carbocycles. The molecule has 0 aliphatic heterocycles. The van der Waals surface area contributed by atoms with Crippen molar-refractivity contribution in [1.82, 2.24) is 14.7 Å². The molecule has 1 amide bonds. The number of carboxylic acids is 1. The lowest BCUT2D eigenvalue weighted by Gasteiger charge is -2.22. The minimum absolute atomic E-state index is 0.213. The van der Waals surface area contributed by atoms with Crippen LogP contribution in [0.1, 0.15) is 36.8 Å². The molecule has 0 bridgehead atoms. The highest BCUT2D eigenvalue weighted by Crippen LogP contribution is 2.12. The Morgan fingerprint density at radius 1 is 1.47 bits per heavy atom. The maximum absolute atomic E-state index is 12.4. The molecule has 6 nitrogen and oxygen atoms in total. The summed E-state index contributed by atoms with van der Waals surface area (Å²) < 4.78 is 1.58.